The van der Waals surface area contributed by atoms with Gasteiger partial charge in [0.25, 0.3) is 5.91 Å². The summed E-state index contributed by atoms with van der Waals surface area (Å²) in [4.78, 5) is 18.5. The third-order valence-electron chi connectivity index (χ3n) is 5.94. The molecular formula is C22H19F3N4O2. The zero-order valence-electron chi connectivity index (χ0n) is 16.4. The van der Waals surface area contributed by atoms with Crippen molar-refractivity contribution in [3.63, 3.8) is 0 Å². The Kier molecular flexibility index (Phi) is 4.77. The van der Waals surface area contributed by atoms with Gasteiger partial charge in [-0.25, -0.2) is 0 Å². The van der Waals surface area contributed by atoms with Gasteiger partial charge in [-0.1, -0.05) is 41.6 Å². The van der Waals surface area contributed by atoms with E-state index in [-0.39, 0.29) is 23.7 Å². The molecule has 0 spiro atoms. The van der Waals surface area contributed by atoms with Gasteiger partial charge in [0, 0.05) is 36.2 Å². The van der Waals surface area contributed by atoms with Crippen LogP contribution >= 0.6 is 0 Å². The van der Waals surface area contributed by atoms with Crippen LogP contribution in [0.5, 0.6) is 0 Å². The van der Waals surface area contributed by atoms with Gasteiger partial charge >= 0.3 is 12.1 Å². The summed E-state index contributed by atoms with van der Waals surface area (Å²) in [7, 11) is 0. The molecule has 1 aromatic heterocycles. The molecular weight excluding hydrogens is 409 g/mol. The number of nitrogens with one attached hydrogen (secondary N) is 1. The number of aromatic nitrogens is 2. The predicted octanol–water partition coefficient (Wildman–Crippen LogP) is 3.86. The molecule has 2 aromatic carbocycles. The van der Waals surface area contributed by atoms with Gasteiger partial charge in [-0.3, -0.25) is 4.79 Å². The van der Waals surface area contributed by atoms with E-state index in [2.05, 4.69) is 32.1 Å². The maximum atomic E-state index is 13.2. The lowest BCUT2D eigenvalue weighted by Crippen LogP contribution is -2.48. The lowest BCUT2D eigenvalue weighted by atomic mass is 9.86. The normalized spacial score (nSPS) is 21.4. The van der Waals surface area contributed by atoms with E-state index in [1.165, 1.54) is 5.56 Å². The van der Waals surface area contributed by atoms with E-state index in [4.69, 9.17) is 0 Å². The fourth-order valence-electron chi connectivity index (χ4n) is 4.46. The SMILES string of the molecule is O=C1c2ccc(-c3noc(C(F)(F)F)n3)cc2CN1C1CCNCC1c1ccccc1. The molecule has 0 aliphatic carbocycles. The molecule has 6 nitrogen and oxygen atoms in total. The third kappa shape index (κ3) is 3.59. The maximum absolute atomic E-state index is 13.2. The lowest BCUT2D eigenvalue weighted by Gasteiger charge is -2.38. The standard InChI is InChI=1S/C22H19F3N4O2/c23-22(24,25)21-27-19(28-31-21)14-6-7-16-15(10-14)12-29(20(16)30)18-8-9-26-11-17(18)13-4-2-1-3-5-13/h1-7,10,17-18,26H,8-9,11-12H2. The number of carbonyl (C=O) groups is 1. The van der Waals surface area contributed by atoms with Crippen LogP contribution < -0.4 is 5.32 Å². The van der Waals surface area contributed by atoms with Crippen molar-refractivity contribution in [2.75, 3.05) is 13.1 Å². The Morgan fingerprint density at radius 2 is 1.94 bits per heavy atom. The van der Waals surface area contributed by atoms with Crippen LogP contribution in [0.3, 0.4) is 0 Å². The molecule has 1 amide bonds. The van der Waals surface area contributed by atoms with Crippen molar-refractivity contribution in [2.45, 2.75) is 31.1 Å². The highest BCUT2D eigenvalue weighted by molar-refractivity contribution is 5.99. The van der Waals surface area contributed by atoms with E-state index in [1.54, 1.807) is 18.2 Å². The Balaban J connectivity index is 1.42. The van der Waals surface area contributed by atoms with Crippen LogP contribution in [0.1, 0.15) is 39.7 Å². The van der Waals surface area contributed by atoms with Crippen LogP contribution in [0.4, 0.5) is 13.2 Å². The zero-order chi connectivity index (χ0) is 21.6. The first-order valence-corrected chi connectivity index (χ1v) is 10.0. The maximum Gasteiger partial charge on any atom is 0.471 e. The molecule has 1 N–H and O–H groups in total. The van der Waals surface area contributed by atoms with Crippen molar-refractivity contribution in [1.82, 2.24) is 20.4 Å². The predicted molar refractivity (Wildman–Crippen MR) is 105 cm³/mol. The molecule has 2 aliphatic rings. The molecule has 0 radical (unpaired) electrons. The van der Waals surface area contributed by atoms with E-state index < -0.39 is 12.1 Å². The summed E-state index contributed by atoms with van der Waals surface area (Å²) in [5, 5.41) is 6.86. The summed E-state index contributed by atoms with van der Waals surface area (Å²) >= 11 is 0. The molecule has 2 aliphatic heterocycles. The average Bonchev–Trinajstić information content (AvgIpc) is 3.40. The molecule has 2 atom stereocenters. The van der Waals surface area contributed by atoms with Crippen molar-refractivity contribution >= 4 is 5.91 Å². The minimum atomic E-state index is -4.70. The fourth-order valence-corrected chi connectivity index (χ4v) is 4.46. The minimum absolute atomic E-state index is 0.0361. The summed E-state index contributed by atoms with van der Waals surface area (Å²) in [5.41, 5.74) is 2.88. The Labute approximate surface area is 176 Å². The lowest BCUT2D eigenvalue weighted by molar-refractivity contribution is -0.159. The van der Waals surface area contributed by atoms with Gasteiger partial charge in [0.15, 0.2) is 0 Å². The summed E-state index contributed by atoms with van der Waals surface area (Å²) in [6.45, 7) is 2.01. The smallest absolute Gasteiger partial charge is 0.331 e. The van der Waals surface area contributed by atoms with Crippen molar-refractivity contribution in [3.8, 4) is 11.4 Å². The number of nitrogens with zero attached hydrogens (tertiary/aromatic N) is 3. The Bertz CT molecular complexity index is 1110. The van der Waals surface area contributed by atoms with E-state index in [1.807, 2.05) is 23.1 Å². The number of alkyl halides is 3. The van der Waals surface area contributed by atoms with Gasteiger partial charge in [-0.05, 0) is 36.2 Å². The van der Waals surface area contributed by atoms with Gasteiger partial charge in [-0.15, -0.1) is 0 Å². The molecule has 5 rings (SSSR count). The van der Waals surface area contributed by atoms with Crippen LogP contribution in [-0.2, 0) is 12.7 Å². The van der Waals surface area contributed by atoms with Crippen LogP contribution in [0.2, 0.25) is 0 Å². The first kappa shape index (κ1) is 19.7. The largest absolute Gasteiger partial charge is 0.471 e. The highest BCUT2D eigenvalue weighted by atomic mass is 19.4. The molecule has 0 bridgehead atoms. The fraction of sp³-hybridized carbons (Fsp3) is 0.318. The molecule has 3 heterocycles. The molecule has 160 valence electrons. The number of piperidine rings is 1. The first-order chi connectivity index (χ1) is 14.9. The Morgan fingerprint density at radius 3 is 2.68 bits per heavy atom. The summed E-state index contributed by atoms with van der Waals surface area (Å²) < 4.78 is 42.6. The minimum Gasteiger partial charge on any atom is -0.331 e. The Morgan fingerprint density at radius 1 is 1.13 bits per heavy atom. The van der Waals surface area contributed by atoms with Gasteiger partial charge in [0.2, 0.25) is 5.82 Å². The zero-order valence-corrected chi connectivity index (χ0v) is 16.4. The van der Waals surface area contributed by atoms with Crippen molar-refractivity contribution in [2.24, 2.45) is 0 Å². The summed E-state index contributed by atoms with van der Waals surface area (Å²) in [5.74, 6) is -1.43. The summed E-state index contributed by atoms with van der Waals surface area (Å²) in [6.07, 6.45) is -3.87. The average molecular weight is 428 g/mol. The molecule has 31 heavy (non-hydrogen) atoms. The molecule has 0 saturated carbocycles. The molecule has 1 saturated heterocycles. The van der Waals surface area contributed by atoms with Crippen LogP contribution in [0.25, 0.3) is 11.4 Å². The van der Waals surface area contributed by atoms with Gasteiger partial charge in [0.05, 0.1) is 0 Å². The number of hydrogen-bond donors (Lipinski definition) is 1. The highest BCUT2D eigenvalue weighted by Crippen LogP contribution is 2.36. The Hall–Kier alpha value is -3.20. The molecule has 1 fully saturated rings. The number of benzene rings is 2. The van der Waals surface area contributed by atoms with Crippen LogP contribution in [0, 0.1) is 0 Å². The quantitative estimate of drug-likeness (QED) is 0.686. The number of amides is 1. The highest BCUT2D eigenvalue weighted by Gasteiger charge is 2.40. The van der Waals surface area contributed by atoms with Crippen LogP contribution in [-0.4, -0.2) is 40.1 Å². The first-order valence-electron chi connectivity index (χ1n) is 10.0. The van der Waals surface area contributed by atoms with Crippen molar-refractivity contribution in [1.29, 1.82) is 0 Å². The van der Waals surface area contributed by atoms with E-state index in [9.17, 15) is 18.0 Å². The van der Waals surface area contributed by atoms with Crippen LogP contribution in [0.15, 0.2) is 53.1 Å². The van der Waals surface area contributed by atoms with Gasteiger partial charge in [-0.2, -0.15) is 18.2 Å². The molecule has 3 aromatic rings. The van der Waals surface area contributed by atoms with E-state index in [0.717, 1.165) is 25.1 Å². The van der Waals surface area contributed by atoms with Gasteiger partial charge in [0.1, 0.15) is 0 Å². The number of hydrogen-bond acceptors (Lipinski definition) is 5. The topological polar surface area (TPSA) is 71.3 Å². The number of carbonyl (C=O) groups excluding carboxylic acids is 1. The second-order valence-corrected chi connectivity index (χ2v) is 7.80. The second kappa shape index (κ2) is 7.49. The van der Waals surface area contributed by atoms with E-state index >= 15 is 0 Å². The third-order valence-corrected chi connectivity index (χ3v) is 5.94. The molecule has 9 heteroatoms. The summed E-state index contributed by atoms with van der Waals surface area (Å²) in [6, 6.07) is 15.0. The number of halogens is 3. The molecule has 2 unspecified atom stereocenters. The number of fused-ring (bicyclic) bond motifs is 1. The van der Waals surface area contributed by atoms with Crippen molar-refractivity contribution in [3.05, 3.63) is 71.1 Å². The number of rotatable bonds is 3. The monoisotopic (exact) mass is 428 g/mol. The second-order valence-electron chi connectivity index (χ2n) is 7.80. The van der Waals surface area contributed by atoms with E-state index in [0.29, 0.717) is 17.7 Å². The van der Waals surface area contributed by atoms with Gasteiger partial charge < -0.3 is 14.7 Å². The van der Waals surface area contributed by atoms with Crippen molar-refractivity contribution < 1.29 is 22.5 Å².